The first-order valence-corrected chi connectivity index (χ1v) is 8.29. The summed E-state index contributed by atoms with van der Waals surface area (Å²) in [5.41, 5.74) is 11.5. The first-order chi connectivity index (χ1) is 10.8. The van der Waals surface area contributed by atoms with Gasteiger partial charge in [0.15, 0.2) is 5.16 Å². The number of thioether (sulfide) groups is 1. The molecular formula is C13H12Cl3N5OS. The van der Waals surface area contributed by atoms with E-state index < -0.39 is 5.25 Å². The average molecular weight is 393 g/mol. The van der Waals surface area contributed by atoms with Crippen LogP contribution >= 0.6 is 46.6 Å². The Kier molecular flexibility index (Phi) is 5.80. The third-order valence-corrected chi connectivity index (χ3v) is 4.43. The summed E-state index contributed by atoms with van der Waals surface area (Å²) in [5.74, 6) is 0.138. The van der Waals surface area contributed by atoms with Gasteiger partial charge in [-0.2, -0.15) is 0 Å². The van der Waals surface area contributed by atoms with Crippen molar-refractivity contribution in [2.75, 3.05) is 16.8 Å². The number of nitrogens with two attached hydrogens (primary N) is 2. The van der Waals surface area contributed by atoms with Crippen molar-refractivity contribution in [3.63, 3.8) is 0 Å². The molecule has 1 atom stereocenters. The molecule has 0 saturated carbocycles. The Bertz CT molecular complexity index is 715. The summed E-state index contributed by atoms with van der Waals surface area (Å²) in [6, 6.07) is 4.41. The van der Waals surface area contributed by atoms with Crippen LogP contribution in [0.5, 0.6) is 0 Å². The van der Waals surface area contributed by atoms with Crippen molar-refractivity contribution in [1.82, 2.24) is 9.97 Å². The molecule has 0 aliphatic carbocycles. The molecule has 1 amide bonds. The highest BCUT2D eigenvalue weighted by Gasteiger charge is 2.19. The van der Waals surface area contributed by atoms with Crippen LogP contribution in [0.1, 0.15) is 6.92 Å². The van der Waals surface area contributed by atoms with Gasteiger partial charge < -0.3 is 16.8 Å². The minimum atomic E-state index is -0.529. The Morgan fingerprint density at radius 3 is 2.17 bits per heavy atom. The van der Waals surface area contributed by atoms with Crippen molar-refractivity contribution in [3.8, 4) is 0 Å². The maximum absolute atomic E-state index is 12.3. The lowest BCUT2D eigenvalue weighted by atomic mass is 10.3. The van der Waals surface area contributed by atoms with Gasteiger partial charge in [0.05, 0.1) is 21.0 Å². The molecule has 1 aromatic carbocycles. The number of aromatic nitrogens is 2. The fourth-order valence-electron chi connectivity index (χ4n) is 1.61. The molecule has 1 unspecified atom stereocenters. The van der Waals surface area contributed by atoms with Crippen molar-refractivity contribution in [3.05, 3.63) is 33.3 Å². The van der Waals surface area contributed by atoms with Gasteiger partial charge in [0, 0.05) is 11.1 Å². The number of amides is 1. The number of rotatable bonds is 4. The second-order valence-corrected chi connectivity index (χ2v) is 7.05. The molecule has 6 nitrogen and oxygen atoms in total. The molecule has 0 spiro atoms. The first-order valence-electron chi connectivity index (χ1n) is 6.28. The number of carbonyl (C=O) groups excluding carboxylic acids is 1. The Morgan fingerprint density at radius 1 is 1.13 bits per heavy atom. The van der Waals surface area contributed by atoms with E-state index in [4.69, 9.17) is 46.3 Å². The van der Waals surface area contributed by atoms with Crippen molar-refractivity contribution in [1.29, 1.82) is 0 Å². The fraction of sp³-hybridized carbons (Fsp3) is 0.154. The maximum Gasteiger partial charge on any atom is 0.237 e. The first kappa shape index (κ1) is 17.9. The second-order valence-electron chi connectivity index (χ2n) is 4.49. The Hall–Kier alpha value is -1.41. The Balaban J connectivity index is 2.11. The molecule has 122 valence electrons. The SMILES string of the molecule is CC(Sc1nc(N)cc(N)n1)C(=O)Nc1c(Cl)cc(Cl)cc1Cl. The van der Waals surface area contributed by atoms with E-state index in [1.165, 1.54) is 18.2 Å². The molecule has 1 aromatic heterocycles. The number of halogens is 3. The monoisotopic (exact) mass is 391 g/mol. The second kappa shape index (κ2) is 7.44. The van der Waals surface area contributed by atoms with Gasteiger partial charge in [-0.3, -0.25) is 4.79 Å². The van der Waals surface area contributed by atoms with Crippen molar-refractivity contribution in [2.24, 2.45) is 0 Å². The van der Waals surface area contributed by atoms with E-state index in [0.29, 0.717) is 15.9 Å². The Morgan fingerprint density at radius 2 is 1.65 bits per heavy atom. The third kappa shape index (κ3) is 4.78. The predicted octanol–water partition coefficient (Wildman–Crippen LogP) is 3.72. The van der Waals surface area contributed by atoms with Gasteiger partial charge in [-0.1, -0.05) is 46.6 Å². The highest BCUT2D eigenvalue weighted by atomic mass is 35.5. The van der Waals surface area contributed by atoms with Gasteiger partial charge in [0.1, 0.15) is 11.6 Å². The summed E-state index contributed by atoms with van der Waals surface area (Å²) in [4.78, 5) is 20.3. The van der Waals surface area contributed by atoms with E-state index in [1.807, 2.05) is 0 Å². The molecule has 10 heteroatoms. The number of nitrogen functional groups attached to an aromatic ring is 2. The summed E-state index contributed by atoms with van der Waals surface area (Å²) >= 11 is 19.0. The number of nitrogens with zero attached hydrogens (tertiary/aromatic N) is 2. The maximum atomic E-state index is 12.3. The lowest BCUT2D eigenvalue weighted by Gasteiger charge is -2.14. The minimum Gasteiger partial charge on any atom is -0.383 e. The average Bonchev–Trinajstić information content (AvgIpc) is 2.41. The molecule has 0 aliphatic heterocycles. The van der Waals surface area contributed by atoms with E-state index in [9.17, 15) is 4.79 Å². The normalized spacial score (nSPS) is 12.0. The summed E-state index contributed by atoms with van der Waals surface area (Å²) in [6.45, 7) is 1.68. The van der Waals surface area contributed by atoms with Gasteiger partial charge >= 0.3 is 0 Å². The van der Waals surface area contributed by atoms with Crippen LogP contribution in [0.4, 0.5) is 17.3 Å². The van der Waals surface area contributed by atoms with E-state index in [1.54, 1.807) is 6.92 Å². The van der Waals surface area contributed by atoms with Crippen LogP contribution in [0, 0.1) is 0 Å². The smallest absolute Gasteiger partial charge is 0.237 e. The standard InChI is InChI=1S/C13H12Cl3N5OS/c1-5(23-13-19-9(17)4-10(18)20-13)12(22)21-11-7(15)2-6(14)3-8(11)16/h2-5H,1H3,(H,21,22)(H4,17,18,19,20). The molecule has 0 saturated heterocycles. The quantitative estimate of drug-likeness (QED) is 0.540. The van der Waals surface area contributed by atoms with Gasteiger partial charge in [-0.25, -0.2) is 9.97 Å². The van der Waals surface area contributed by atoms with Gasteiger partial charge in [0.2, 0.25) is 5.91 Å². The lowest BCUT2D eigenvalue weighted by molar-refractivity contribution is -0.115. The van der Waals surface area contributed by atoms with Gasteiger partial charge in [-0.05, 0) is 19.1 Å². The predicted molar refractivity (Wildman–Crippen MR) is 96.3 cm³/mol. The van der Waals surface area contributed by atoms with Crippen LogP contribution in [0.2, 0.25) is 15.1 Å². The summed E-state index contributed by atoms with van der Waals surface area (Å²) < 4.78 is 0. The molecule has 0 aliphatic rings. The number of hydrogen-bond donors (Lipinski definition) is 3. The topological polar surface area (TPSA) is 107 Å². The van der Waals surface area contributed by atoms with E-state index in [2.05, 4.69) is 15.3 Å². The van der Waals surface area contributed by atoms with Crippen molar-refractivity contribution >= 4 is 69.8 Å². The molecule has 2 rings (SSSR count). The molecule has 5 N–H and O–H groups in total. The third-order valence-electron chi connectivity index (χ3n) is 2.65. The van der Waals surface area contributed by atoms with E-state index >= 15 is 0 Å². The number of nitrogens with one attached hydrogen (secondary N) is 1. The molecule has 0 bridgehead atoms. The van der Waals surface area contributed by atoms with Crippen LogP contribution in [-0.2, 0) is 4.79 Å². The minimum absolute atomic E-state index is 0.233. The van der Waals surface area contributed by atoms with Crippen LogP contribution in [0.25, 0.3) is 0 Å². The van der Waals surface area contributed by atoms with E-state index in [-0.39, 0.29) is 27.6 Å². The number of benzene rings is 1. The summed E-state index contributed by atoms with van der Waals surface area (Å²) in [7, 11) is 0. The zero-order valence-corrected chi connectivity index (χ0v) is 14.9. The molecule has 23 heavy (non-hydrogen) atoms. The largest absolute Gasteiger partial charge is 0.383 e. The van der Waals surface area contributed by atoms with Crippen molar-refractivity contribution in [2.45, 2.75) is 17.3 Å². The highest BCUT2D eigenvalue weighted by molar-refractivity contribution is 8.00. The van der Waals surface area contributed by atoms with Gasteiger partial charge in [-0.15, -0.1) is 0 Å². The van der Waals surface area contributed by atoms with Crippen LogP contribution in [0.15, 0.2) is 23.4 Å². The number of carbonyl (C=O) groups is 1. The van der Waals surface area contributed by atoms with Crippen molar-refractivity contribution < 1.29 is 4.79 Å². The number of hydrogen-bond acceptors (Lipinski definition) is 6. The molecule has 1 heterocycles. The highest BCUT2D eigenvalue weighted by Crippen LogP contribution is 2.34. The Labute approximate surface area is 151 Å². The lowest BCUT2D eigenvalue weighted by Crippen LogP contribution is -2.23. The van der Waals surface area contributed by atoms with Crippen LogP contribution in [0.3, 0.4) is 0 Å². The molecule has 0 radical (unpaired) electrons. The van der Waals surface area contributed by atoms with Gasteiger partial charge in [0.25, 0.3) is 0 Å². The fourth-order valence-corrected chi connectivity index (χ4v) is 3.32. The molecule has 2 aromatic rings. The number of anilines is 3. The summed E-state index contributed by atoms with van der Waals surface area (Å²) in [6.07, 6.45) is 0. The van der Waals surface area contributed by atoms with Crippen LogP contribution < -0.4 is 16.8 Å². The molecule has 0 fully saturated rings. The van der Waals surface area contributed by atoms with Crippen LogP contribution in [-0.4, -0.2) is 21.1 Å². The summed E-state index contributed by atoms with van der Waals surface area (Å²) in [5, 5.41) is 3.30. The zero-order chi connectivity index (χ0) is 17.1. The zero-order valence-electron chi connectivity index (χ0n) is 11.8. The molecular weight excluding hydrogens is 381 g/mol. The van der Waals surface area contributed by atoms with E-state index in [0.717, 1.165) is 11.8 Å².